The van der Waals surface area contributed by atoms with Gasteiger partial charge < -0.3 is 4.74 Å². The summed E-state index contributed by atoms with van der Waals surface area (Å²) in [5.74, 6) is 0.623. The van der Waals surface area contributed by atoms with Crippen molar-refractivity contribution in [3.63, 3.8) is 0 Å². The van der Waals surface area contributed by atoms with Crippen LogP contribution >= 0.6 is 15.9 Å². The lowest BCUT2D eigenvalue weighted by molar-refractivity contribution is 0.0276. The SMILES string of the molecule is CC(C)CN(Nc1ncc2cc(Br)ccc2n1)C(=O)OC(C)(C)C. The fraction of sp³-hybridized carbons (Fsp3) is 0.471. The van der Waals surface area contributed by atoms with E-state index >= 15 is 0 Å². The smallest absolute Gasteiger partial charge is 0.429 e. The van der Waals surface area contributed by atoms with Crippen molar-refractivity contribution < 1.29 is 9.53 Å². The van der Waals surface area contributed by atoms with E-state index in [1.807, 2.05) is 52.8 Å². The predicted molar refractivity (Wildman–Crippen MR) is 98.6 cm³/mol. The van der Waals surface area contributed by atoms with Crippen LogP contribution in [0.25, 0.3) is 10.9 Å². The third-order valence-electron chi connectivity index (χ3n) is 2.94. The van der Waals surface area contributed by atoms with E-state index in [1.165, 1.54) is 5.01 Å². The van der Waals surface area contributed by atoms with Gasteiger partial charge in [-0.2, -0.15) is 0 Å². The molecule has 0 fully saturated rings. The van der Waals surface area contributed by atoms with Gasteiger partial charge in [0.05, 0.1) is 5.52 Å². The van der Waals surface area contributed by atoms with Crippen molar-refractivity contribution in [2.24, 2.45) is 5.92 Å². The van der Waals surface area contributed by atoms with Gasteiger partial charge in [-0.3, -0.25) is 5.43 Å². The van der Waals surface area contributed by atoms with Crippen LogP contribution in [-0.4, -0.2) is 33.2 Å². The Hall–Kier alpha value is -1.89. The number of benzene rings is 1. The molecule has 0 saturated heterocycles. The van der Waals surface area contributed by atoms with Gasteiger partial charge in [0.1, 0.15) is 5.60 Å². The molecule has 0 aliphatic rings. The summed E-state index contributed by atoms with van der Waals surface area (Å²) in [5, 5.41) is 2.33. The van der Waals surface area contributed by atoms with E-state index < -0.39 is 11.7 Å². The quantitative estimate of drug-likeness (QED) is 0.766. The van der Waals surface area contributed by atoms with Crippen molar-refractivity contribution in [1.29, 1.82) is 0 Å². The lowest BCUT2D eigenvalue weighted by atomic mass is 10.2. The molecule has 1 aromatic heterocycles. The summed E-state index contributed by atoms with van der Waals surface area (Å²) in [7, 11) is 0. The summed E-state index contributed by atoms with van der Waals surface area (Å²) in [6, 6.07) is 5.75. The molecule has 2 rings (SSSR count). The third-order valence-corrected chi connectivity index (χ3v) is 3.43. The fourth-order valence-electron chi connectivity index (χ4n) is 2.03. The van der Waals surface area contributed by atoms with Gasteiger partial charge in [-0.05, 0) is 44.9 Å². The Bertz CT molecular complexity index is 728. The second kappa shape index (κ2) is 7.34. The maximum Gasteiger partial charge on any atom is 0.429 e. The number of fused-ring (bicyclic) bond motifs is 1. The minimum absolute atomic E-state index is 0.265. The van der Waals surface area contributed by atoms with Crippen molar-refractivity contribution in [3.8, 4) is 0 Å². The molecule has 0 atom stereocenters. The fourth-order valence-corrected chi connectivity index (χ4v) is 2.41. The van der Waals surface area contributed by atoms with Gasteiger partial charge in [-0.1, -0.05) is 29.8 Å². The molecule has 1 amide bonds. The van der Waals surface area contributed by atoms with Crippen LogP contribution in [0, 0.1) is 5.92 Å². The zero-order valence-electron chi connectivity index (χ0n) is 14.6. The Kier molecular flexibility index (Phi) is 5.64. The molecule has 6 nitrogen and oxygen atoms in total. The second-order valence-electron chi connectivity index (χ2n) is 6.99. The highest BCUT2D eigenvalue weighted by atomic mass is 79.9. The molecule has 0 bridgehead atoms. The van der Waals surface area contributed by atoms with Crippen molar-refractivity contribution >= 4 is 38.9 Å². The van der Waals surface area contributed by atoms with Gasteiger partial charge >= 0.3 is 6.09 Å². The monoisotopic (exact) mass is 394 g/mol. The van der Waals surface area contributed by atoms with Crippen LogP contribution in [0.4, 0.5) is 10.7 Å². The number of amides is 1. The maximum atomic E-state index is 12.4. The number of halogens is 1. The average molecular weight is 395 g/mol. The lowest BCUT2D eigenvalue weighted by Crippen LogP contribution is -2.42. The number of carbonyl (C=O) groups is 1. The highest BCUT2D eigenvalue weighted by Gasteiger charge is 2.23. The van der Waals surface area contributed by atoms with Crippen LogP contribution in [0.3, 0.4) is 0 Å². The Morgan fingerprint density at radius 2 is 2.08 bits per heavy atom. The predicted octanol–water partition coefficient (Wildman–Crippen LogP) is 4.61. The van der Waals surface area contributed by atoms with Gasteiger partial charge in [0.25, 0.3) is 0 Å². The van der Waals surface area contributed by atoms with Crippen LogP contribution < -0.4 is 5.43 Å². The summed E-state index contributed by atoms with van der Waals surface area (Å²) in [6.07, 6.45) is 1.27. The first-order chi connectivity index (χ1) is 11.1. The first-order valence-electron chi connectivity index (χ1n) is 7.83. The molecule has 24 heavy (non-hydrogen) atoms. The Morgan fingerprint density at radius 3 is 2.71 bits per heavy atom. The highest BCUT2D eigenvalue weighted by molar-refractivity contribution is 9.10. The summed E-state index contributed by atoms with van der Waals surface area (Å²) in [4.78, 5) is 21.1. The summed E-state index contributed by atoms with van der Waals surface area (Å²) >= 11 is 3.42. The Balaban J connectivity index is 2.22. The molecule has 0 unspecified atom stereocenters. The number of carbonyl (C=O) groups excluding carboxylic acids is 1. The van der Waals surface area contributed by atoms with Crippen LogP contribution in [0.5, 0.6) is 0 Å². The van der Waals surface area contributed by atoms with Crippen LogP contribution in [0.2, 0.25) is 0 Å². The van der Waals surface area contributed by atoms with E-state index in [9.17, 15) is 4.79 Å². The maximum absolute atomic E-state index is 12.4. The molecule has 7 heteroatoms. The third kappa shape index (κ3) is 5.33. The summed E-state index contributed by atoms with van der Waals surface area (Å²) in [6.45, 7) is 10.0. The highest BCUT2D eigenvalue weighted by Crippen LogP contribution is 2.19. The zero-order chi connectivity index (χ0) is 17.9. The lowest BCUT2D eigenvalue weighted by Gasteiger charge is -2.28. The molecule has 0 spiro atoms. The first kappa shape index (κ1) is 18.4. The van der Waals surface area contributed by atoms with Crippen molar-refractivity contribution in [1.82, 2.24) is 15.0 Å². The molecule has 0 aliphatic heterocycles. The van der Waals surface area contributed by atoms with Gasteiger partial charge in [-0.25, -0.2) is 19.8 Å². The van der Waals surface area contributed by atoms with E-state index in [1.54, 1.807) is 6.20 Å². The molecule has 130 valence electrons. The second-order valence-corrected chi connectivity index (χ2v) is 7.91. The van der Waals surface area contributed by atoms with E-state index in [0.717, 1.165) is 15.4 Å². The first-order valence-corrected chi connectivity index (χ1v) is 8.63. The standard InChI is InChI=1S/C17H23BrN4O2/c1-11(2)10-22(16(23)24-17(3,4)5)21-15-19-9-12-8-13(18)6-7-14(12)20-15/h6-9,11H,10H2,1-5H3,(H,19,20,21). The molecule has 0 aliphatic carbocycles. The van der Waals surface area contributed by atoms with Crippen LogP contribution in [-0.2, 0) is 4.74 Å². The number of ether oxygens (including phenoxy) is 1. The number of aromatic nitrogens is 2. The molecule has 0 saturated carbocycles. The van der Waals surface area contributed by atoms with Crippen molar-refractivity contribution in [3.05, 3.63) is 28.9 Å². The van der Waals surface area contributed by atoms with Gasteiger partial charge in [0.15, 0.2) is 0 Å². The molecular formula is C17H23BrN4O2. The number of hydrogen-bond donors (Lipinski definition) is 1. The number of hydrogen-bond acceptors (Lipinski definition) is 5. The summed E-state index contributed by atoms with van der Waals surface area (Å²) < 4.78 is 6.41. The number of nitrogens with zero attached hydrogens (tertiary/aromatic N) is 3. The summed E-state index contributed by atoms with van der Waals surface area (Å²) in [5.41, 5.74) is 3.20. The van der Waals surface area contributed by atoms with E-state index in [2.05, 4.69) is 31.3 Å². The Morgan fingerprint density at radius 1 is 1.38 bits per heavy atom. The molecular weight excluding hydrogens is 372 g/mol. The topological polar surface area (TPSA) is 67.3 Å². The largest absolute Gasteiger partial charge is 0.442 e. The van der Waals surface area contributed by atoms with Gasteiger partial charge in [0, 0.05) is 22.6 Å². The van der Waals surface area contributed by atoms with Crippen molar-refractivity contribution in [2.75, 3.05) is 12.0 Å². The Labute approximate surface area is 150 Å². The van der Waals surface area contributed by atoms with E-state index in [4.69, 9.17) is 4.74 Å². The zero-order valence-corrected chi connectivity index (χ0v) is 16.2. The molecule has 2 aromatic rings. The normalized spacial score (nSPS) is 11.6. The van der Waals surface area contributed by atoms with E-state index in [0.29, 0.717) is 12.5 Å². The van der Waals surface area contributed by atoms with E-state index in [-0.39, 0.29) is 5.92 Å². The average Bonchev–Trinajstić information content (AvgIpc) is 2.44. The van der Waals surface area contributed by atoms with Crippen LogP contribution in [0.15, 0.2) is 28.9 Å². The molecule has 1 N–H and O–H groups in total. The number of nitrogens with one attached hydrogen (secondary N) is 1. The molecule has 0 radical (unpaired) electrons. The van der Waals surface area contributed by atoms with Gasteiger partial charge in [-0.15, -0.1) is 0 Å². The molecule has 1 aromatic carbocycles. The van der Waals surface area contributed by atoms with Crippen molar-refractivity contribution in [2.45, 2.75) is 40.2 Å². The molecule has 1 heterocycles. The number of hydrazine groups is 1. The van der Waals surface area contributed by atoms with Crippen LogP contribution in [0.1, 0.15) is 34.6 Å². The number of anilines is 1. The van der Waals surface area contributed by atoms with Gasteiger partial charge in [0.2, 0.25) is 5.95 Å². The number of rotatable bonds is 4. The minimum Gasteiger partial charge on any atom is -0.442 e. The minimum atomic E-state index is -0.565.